The maximum absolute atomic E-state index is 12.2. The second-order valence-corrected chi connectivity index (χ2v) is 6.02. The first-order valence-corrected chi connectivity index (χ1v) is 6.94. The van der Waals surface area contributed by atoms with Gasteiger partial charge in [0.2, 0.25) is 0 Å². The van der Waals surface area contributed by atoms with Gasteiger partial charge in [-0.15, -0.1) is 0 Å². The van der Waals surface area contributed by atoms with E-state index in [9.17, 15) is 9.90 Å². The normalized spacial score (nSPS) is 22.0. The Morgan fingerprint density at radius 1 is 1.39 bits per heavy atom. The first-order valence-electron chi connectivity index (χ1n) is 5.72. The Hall–Kier alpha value is -1.33. The average Bonchev–Trinajstić information content (AvgIpc) is 3.11. The molecule has 2 fully saturated rings. The summed E-state index contributed by atoms with van der Waals surface area (Å²) in [6.07, 6.45) is 3.78. The summed E-state index contributed by atoms with van der Waals surface area (Å²) in [6.45, 7) is 0. The molecule has 1 aromatic carbocycles. The summed E-state index contributed by atoms with van der Waals surface area (Å²) < 4.78 is 0.629. The summed E-state index contributed by atoms with van der Waals surface area (Å²) in [7, 11) is 0. The van der Waals surface area contributed by atoms with Crippen LogP contribution in [0.1, 0.15) is 18.4 Å². The molecule has 1 aliphatic heterocycles. The maximum Gasteiger partial charge on any atom is 0.266 e. The zero-order chi connectivity index (χ0) is 12.7. The van der Waals surface area contributed by atoms with Crippen molar-refractivity contribution in [3.05, 3.63) is 34.7 Å². The van der Waals surface area contributed by atoms with Crippen LogP contribution in [0.15, 0.2) is 29.2 Å². The second-order valence-electron chi connectivity index (χ2n) is 4.34. The topological polar surface area (TPSA) is 40.5 Å². The molecule has 1 amide bonds. The molecule has 1 N–H and O–H groups in total. The Bertz CT molecular complexity index is 564. The summed E-state index contributed by atoms with van der Waals surface area (Å²) in [5.41, 5.74) is 0.647. The van der Waals surface area contributed by atoms with Crippen molar-refractivity contribution >= 4 is 40.3 Å². The maximum atomic E-state index is 12.2. The molecular formula is C13H11NO2S2. The largest absolute Gasteiger partial charge is 0.507 e. The number of carbonyl (C=O) groups is 1. The lowest BCUT2D eigenvalue weighted by Gasteiger charge is -2.11. The van der Waals surface area contributed by atoms with Crippen LogP contribution in [0.3, 0.4) is 0 Å². The highest BCUT2D eigenvalue weighted by Gasteiger charge is 2.41. The van der Waals surface area contributed by atoms with Crippen molar-refractivity contribution in [3.8, 4) is 5.75 Å². The molecule has 0 radical (unpaired) electrons. The highest BCUT2D eigenvalue weighted by atomic mass is 32.2. The number of rotatable bonds is 2. The molecule has 3 rings (SSSR count). The smallest absolute Gasteiger partial charge is 0.266 e. The number of benzene rings is 1. The number of thiocarbonyl (C=S) groups is 1. The molecule has 5 heteroatoms. The molecule has 0 aromatic heterocycles. The fourth-order valence-electron chi connectivity index (χ4n) is 1.88. The van der Waals surface area contributed by atoms with E-state index in [2.05, 4.69) is 0 Å². The van der Waals surface area contributed by atoms with Gasteiger partial charge < -0.3 is 5.11 Å². The molecule has 92 valence electrons. The van der Waals surface area contributed by atoms with Crippen LogP contribution in [0.5, 0.6) is 5.75 Å². The number of phenolic OH excluding ortho intramolecular Hbond substituents is 1. The predicted molar refractivity (Wildman–Crippen MR) is 76.1 cm³/mol. The molecule has 1 saturated carbocycles. The van der Waals surface area contributed by atoms with Gasteiger partial charge >= 0.3 is 0 Å². The minimum Gasteiger partial charge on any atom is -0.507 e. The molecule has 3 nitrogen and oxygen atoms in total. The molecule has 2 aliphatic rings. The van der Waals surface area contributed by atoms with Gasteiger partial charge in [-0.25, -0.2) is 0 Å². The Labute approximate surface area is 114 Å². The standard InChI is InChI=1S/C13H11NO2S2/c15-10-4-2-1-3-8(10)7-11-12(16)14(9-5-6-9)13(17)18-11/h1-4,7,9,15H,5-6H2/b11-7+. The van der Waals surface area contributed by atoms with Gasteiger partial charge in [0.05, 0.1) is 4.91 Å². The van der Waals surface area contributed by atoms with Gasteiger partial charge in [-0.05, 0) is 25.0 Å². The van der Waals surface area contributed by atoms with Crippen molar-refractivity contribution in [2.75, 3.05) is 0 Å². The zero-order valence-corrected chi connectivity index (χ0v) is 11.1. The van der Waals surface area contributed by atoms with Crippen molar-refractivity contribution in [1.82, 2.24) is 4.90 Å². The fraction of sp³-hybridized carbons (Fsp3) is 0.231. The number of carbonyl (C=O) groups excluding carboxylic acids is 1. The molecule has 1 saturated heterocycles. The van der Waals surface area contributed by atoms with E-state index in [0.29, 0.717) is 20.8 Å². The molecule has 18 heavy (non-hydrogen) atoms. The minimum atomic E-state index is -0.0317. The van der Waals surface area contributed by atoms with Crippen molar-refractivity contribution in [1.29, 1.82) is 0 Å². The lowest BCUT2D eigenvalue weighted by Crippen LogP contribution is -2.30. The highest BCUT2D eigenvalue weighted by Crippen LogP contribution is 2.40. The number of para-hydroxylation sites is 1. The van der Waals surface area contributed by atoms with Gasteiger partial charge in [-0.1, -0.05) is 42.2 Å². The quantitative estimate of drug-likeness (QED) is 0.666. The van der Waals surface area contributed by atoms with Crippen LogP contribution >= 0.6 is 24.0 Å². The number of phenols is 1. The summed E-state index contributed by atoms with van der Waals surface area (Å²) in [4.78, 5) is 14.5. The van der Waals surface area contributed by atoms with E-state index in [0.717, 1.165) is 12.8 Å². The molecule has 1 aliphatic carbocycles. The van der Waals surface area contributed by atoms with Crippen LogP contribution in [0.25, 0.3) is 6.08 Å². The third kappa shape index (κ3) is 2.04. The lowest BCUT2D eigenvalue weighted by molar-refractivity contribution is -0.122. The second kappa shape index (κ2) is 4.40. The molecule has 0 atom stereocenters. The summed E-state index contributed by atoms with van der Waals surface area (Å²) in [5, 5.41) is 9.70. The SMILES string of the molecule is O=C1/C(=C\c2ccccc2O)SC(=S)N1C1CC1. The Morgan fingerprint density at radius 3 is 2.78 bits per heavy atom. The van der Waals surface area contributed by atoms with E-state index >= 15 is 0 Å². The molecule has 1 aromatic rings. The number of hydrogen-bond acceptors (Lipinski definition) is 4. The number of nitrogens with zero attached hydrogens (tertiary/aromatic N) is 1. The highest BCUT2D eigenvalue weighted by molar-refractivity contribution is 8.26. The lowest BCUT2D eigenvalue weighted by atomic mass is 10.2. The monoisotopic (exact) mass is 277 g/mol. The first-order chi connectivity index (χ1) is 8.66. The van der Waals surface area contributed by atoms with Crippen molar-refractivity contribution in [3.63, 3.8) is 0 Å². The van der Waals surface area contributed by atoms with Gasteiger partial charge in [0, 0.05) is 11.6 Å². The average molecular weight is 277 g/mol. The van der Waals surface area contributed by atoms with E-state index in [1.54, 1.807) is 29.2 Å². The molecule has 0 unspecified atom stereocenters. The van der Waals surface area contributed by atoms with E-state index in [1.165, 1.54) is 11.8 Å². The number of amides is 1. The van der Waals surface area contributed by atoms with E-state index in [4.69, 9.17) is 12.2 Å². The Balaban J connectivity index is 1.92. The van der Waals surface area contributed by atoms with E-state index in [-0.39, 0.29) is 11.7 Å². The van der Waals surface area contributed by atoms with Crippen molar-refractivity contribution < 1.29 is 9.90 Å². The van der Waals surface area contributed by atoms with Crippen LogP contribution in [0, 0.1) is 0 Å². The van der Waals surface area contributed by atoms with Gasteiger partial charge in [-0.2, -0.15) is 0 Å². The molecule has 0 spiro atoms. The van der Waals surface area contributed by atoms with Crippen LogP contribution in [0.2, 0.25) is 0 Å². The molecular weight excluding hydrogens is 266 g/mol. The Morgan fingerprint density at radius 2 is 2.11 bits per heavy atom. The van der Waals surface area contributed by atoms with Crippen molar-refractivity contribution in [2.24, 2.45) is 0 Å². The van der Waals surface area contributed by atoms with Crippen LogP contribution in [-0.2, 0) is 4.79 Å². The first kappa shape index (κ1) is 11.7. The summed E-state index contributed by atoms with van der Waals surface area (Å²) in [5.74, 6) is 0.143. The minimum absolute atomic E-state index is 0.0317. The van der Waals surface area contributed by atoms with Gasteiger partial charge in [0.15, 0.2) is 0 Å². The Kier molecular flexibility index (Phi) is 2.87. The van der Waals surface area contributed by atoms with Crippen LogP contribution in [-0.4, -0.2) is 26.3 Å². The number of thioether (sulfide) groups is 1. The molecule has 1 heterocycles. The van der Waals surface area contributed by atoms with Crippen LogP contribution < -0.4 is 0 Å². The molecule has 0 bridgehead atoms. The predicted octanol–water partition coefficient (Wildman–Crippen LogP) is 2.76. The number of aromatic hydroxyl groups is 1. The van der Waals surface area contributed by atoms with Gasteiger partial charge in [-0.3, -0.25) is 9.69 Å². The van der Waals surface area contributed by atoms with Gasteiger partial charge in [0.25, 0.3) is 5.91 Å². The third-order valence-electron chi connectivity index (χ3n) is 2.96. The fourth-order valence-corrected chi connectivity index (χ4v) is 3.27. The van der Waals surface area contributed by atoms with E-state index < -0.39 is 0 Å². The van der Waals surface area contributed by atoms with E-state index in [1.807, 2.05) is 6.07 Å². The summed E-state index contributed by atoms with van der Waals surface area (Å²) in [6, 6.07) is 7.26. The zero-order valence-electron chi connectivity index (χ0n) is 9.50. The van der Waals surface area contributed by atoms with Gasteiger partial charge in [0.1, 0.15) is 10.1 Å². The summed E-state index contributed by atoms with van der Waals surface area (Å²) >= 11 is 6.54. The van der Waals surface area contributed by atoms with Crippen molar-refractivity contribution in [2.45, 2.75) is 18.9 Å². The van der Waals surface area contributed by atoms with Crippen LogP contribution in [0.4, 0.5) is 0 Å². The number of hydrogen-bond donors (Lipinski definition) is 1. The third-order valence-corrected chi connectivity index (χ3v) is 4.29.